The molecule has 9 nitrogen and oxygen atoms in total. The van der Waals surface area contributed by atoms with Crippen molar-refractivity contribution >= 4 is 27.5 Å². The minimum atomic E-state index is -3.48. The Balaban J connectivity index is 2.04. The van der Waals surface area contributed by atoms with Crippen LogP contribution >= 0.6 is 0 Å². The second kappa shape index (κ2) is 10.7. The minimum Gasteiger partial charge on any atom is -0.493 e. The van der Waals surface area contributed by atoms with Gasteiger partial charge in [-0.2, -0.15) is 0 Å². The van der Waals surface area contributed by atoms with Crippen molar-refractivity contribution in [1.82, 2.24) is 10.9 Å². The molecule has 0 aliphatic carbocycles. The van der Waals surface area contributed by atoms with Crippen LogP contribution in [0, 0.1) is 0 Å². The van der Waals surface area contributed by atoms with Gasteiger partial charge >= 0.3 is 0 Å². The molecule has 0 aliphatic heterocycles. The first-order valence-corrected chi connectivity index (χ1v) is 11.4. The van der Waals surface area contributed by atoms with Crippen molar-refractivity contribution in [2.75, 3.05) is 17.6 Å². The van der Waals surface area contributed by atoms with Gasteiger partial charge in [-0.1, -0.05) is 13.0 Å². The number of nitrogens with one attached hydrogen (secondary N) is 3. The fourth-order valence-electron chi connectivity index (χ4n) is 2.64. The first-order chi connectivity index (χ1) is 14.6. The maximum atomic E-state index is 12.4. The molecule has 0 bridgehead atoms. The van der Waals surface area contributed by atoms with Crippen LogP contribution in [0.25, 0.3) is 0 Å². The molecule has 0 atom stereocenters. The molecule has 0 aromatic heterocycles. The Morgan fingerprint density at radius 1 is 0.968 bits per heavy atom. The average Bonchev–Trinajstić information content (AvgIpc) is 2.71. The Bertz CT molecular complexity index is 1040. The zero-order valence-corrected chi connectivity index (χ0v) is 18.7. The smallest absolute Gasteiger partial charge is 0.269 e. The molecule has 0 saturated heterocycles. The van der Waals surface area contributed by atoms with Gasteiger partial charge in [-0.25, -0.2) is 8.42 Å². The van der Waals surface area contributed by atoms with Crippen LogP contribution in [0.5, 0.6) is 11.5 Å². The van der Waals surface area contributed by atoms with Gasteiger partial charge in [-0.15, -0.1) is 0 Å². The zero-order chi connectivity index (χ0) is 23.0. The van der Waals surface area contributed by atoms with Gasteiger partial charge in [0.05, 0.1) is 19.0 Å². The Morgan fingerprint density at radius 2 is 1.61 bits per heavy atom. The number of hydrogen-bond acceptors (Lipinski definition) is 6. The third kappa shape index (κ3) is 7.18. The maximum absolute atomic E-state index is 12.4. The van der Waals surface area contributed by atoms with E-state index in [1.54, 1.807) is 25.1 Å². The lowest BCUT2D eigenvalue weighted by Gasteiger charge is -2.14. The zero-order valence-electron chi connectivity index (χ0n) is 17.9. The predicted molar refractivity (Wildman–Crippen MR) is 118 cm³/mol. The van der Waals surface area contributed by atoms with Gasteiger partial charge in [0.25, 0.3) is 11.8 Å². The van der Waals surface area contributed by atoms with Crippen LogP contribution in [-0.2, 0) is 10.0 Å². The summed E-state index contributed by atoms with van der Waals surface area (Å²) in [6, 6.07) is 10.6. The van der Waals surface area contributed by atoms with Crippen LogP contribution in [0.3, 0.4) is 0 Å². The molecular formula is C21H27N3O6S. The molecule has 0 aliphatic rings. The van der Waals surface area contributed by atoms with Crippen LogP contribution in [-0.4, -0.2) is 39.2 Å². The summed E-state index contributed by atoms with van der Waals surface area (Å²) in [5, 5.41) is 0. The predicted octanol–water partition coefficient (Wildman–Crippen LogP) is 2.71. The Labute approximate surface area is 182 Å². The number of anilines is 1. The summed E-state index contributed by atoms with van der Waals surface area (Å²) in [6.45, 7) is 5.50. The third-order valence-electron chi connectivity index (χ3n) is 3.95. The lowest BCUT2D eigenvalue weighted by atomic mass is 10.2. The SMILES string of the molecule is CCCS(=O)(=O)Nc1cccc(C(=O)NNC(=O)c2ccc(OC(C)C)c(OC)c2)c1. The van der Waals surface area contributed by atoms with Gasteiger partial charge in [0.1, 0.15) is 0 Å². The number of carbonyl (C=O) groups excluding carboxylic acids is 2. The van der Waals surface area contributed by atoms with Crippen molar-refractivity contribution in [3.63, 3.8) is 0 Å². The fourth-order valence-corrected chi connectivity index (χ4v) is 3.77. The van der Waals surface area contributed by atoms with E-state index >= 15 is 0 Å². The van der Waals surface area contributed by atoms with E-state index in [1.165, 1.54) is 31.4 Å². The van der Waals surface area contributed by atoms with E-state index in [-0.39, 0.29) is 28.7 Å². The van der Waals surface area contributed by atoms with E-state index in [0.717, 1.165) is 0 Å². The molecule has 0 fully saturated rings. The molecule has 0 radical (unpaired) electrons. The number of hydrogen-bond donors (Lipinski definition) is 3. The largest absolute Gasteiger partial charge is 0.493 e. The summed E-state index contributed by atoms with van der Waals surface area (Å²) in [5.74, 6) is -0.288. The summed E-state index contributed by atoms with van der Waals surface area (Å²) in [4.78, 5) is 24.8. The van der Waals surface area contributed by atoms with Gasteiger partial charge in [0, 0.05) is 16.8 Å². The molecule has 31 heavy (non-hydrogen) atoms. The van der Waals surface area contributed by atoms with Crippen molar-refractivity contribution in [3.05, 3.63) is 53.6 Å². The van der Waals surface area contributed by atoms with E-state index in [1.807, 2.05) is 13.8 Å². The molecule has 168 valence electrons. The number of hydrazine groups is 1. The van der Waals surface area contributed by atoms with Gasteiger partial charge in [0.15, 0.2) is 11.5 Å². The van der Waals surface area contributed by atoms with Gasteiger partial charge in [-0.3, -0.25) is 25.2 Å². The van der Waals surface area contributed by atoms with E-state index in [9.17, 15) is 18.0 Å². The highest BCUT2D eigenvalue weighted by atomic mass is 32.2. The average molecular weight is 450 g/mol. The topological polar surface area (TPSA) is 123 Å². The first kappa shape index (κ1) is 24.0. The molecule has 0 unspecified atom stereocenters. The number of sulfonamides is 1. The monoisotopic (exact) mass is 449 g/mol. The number of amides is 2. The number of methoxy groups -OCH3 is 1. The molecular weight excluding hydrogens is 422 g/mol. The molecule has 2 aromatic rings. The van der Waals surface area contributed by atoms with Crippen LogP contribution in [0.15, 0.2) is 42.5 Å². The standard InChI is InChI=1S/C21H27N3O6S/c1-5-11-31(27,28)24-17-8-6-7-15(12-17)20(25)22-23-21(26)16-9-10-18(30-14(2)3)19(13-16)29-4/h6-10,12-14,24H,5,11H2,1-4H3,(H,22,25)(H,23,26). The summed E-state index contributed by atoms with van der Waals surface area (Å²) in [7, 11) is -2.01. The van der Waals surface area contributed by atoms with Crippen molar-refractivity contribution in [3.8, 4) is 11.5 Å². The molecule has 0 heterocycles. The number of carbonyl (C=O) groups is 2. The minimum absolute atomic E-state index is 0.0239. The van der Waals surface area contributed by atoms with Crippen LogP contribution in [0.4, 0.5) is 5.69 Å². The lowest BCUT2D eigenvalue weighted by molar-refractivity contribution is 0.0846. The van der Waals surface area contributed by atoms with Gasteiger partial charge in [0.2, 0.25) is 10.0 Å². The summed E-state index contributed by atoms with van der Waals surface area (Å²) in [6.07, 6.45) is 0.409. The van der Waals surface area contributed by atoms with Gasteiger partial charge in [-0.05, 0) is 56.7 Å². The van der Waals surface area contributed by atoms with E-state index < -0.39 is 21.8 Å². The van der Waals surface area contributed by atoms with Crippen molar-refractivity contribution in [1.29, 1.82) is 0 Å². The Morgan fingerprint density at radius 3 is 2.19 bits per heavy atom. The first-order valence-electron chi connectivity index (χ1n) is 9.71. The van der Waals surface area contributed by atoms with Crippen LogP contribution < -0.4 is 25.0 Å². The Kier molecular flexibility index (Phi) is 8.26. The summed E-state index contributed by atoms with van der Waals surface area (Å²) >= 11 is 0. The molecule has 10 heteroatoms. The van der Waals surface area contributed by atoms with Crippen LogP contribution in [0.2, 0.25) is 0 Å². The highest BCUT2D eigenvalue weighted by molar-refractivity contribution is 7.92. The number of ether oxygens (including phenoxy) is 2. The lowest BCUT2D eigenvalue weighted by Crippen LogP contribution is -2.41. The third-order valence-corrected chi connectivity index (χ3v) is 5.44. The molecule has 0 spiro atoms. The number of rotatable bonds is 9. The van der Waals surface area contributed by atoms with Gasteiger partial charge < -0.3 is 9.47 Å². The van der Waals surface area contributed by atoms with Crippen LogP contribution in [0.1, 0.15) is 47.9 Å². The molecule has 2 amide bonds. The van der Waals surface area contributed by atoms with E-state index in [2.05, 4.69) is 15.6 Å². The summed E-state index contributed by atoms with van der Waals surface area (Å²) < 4.78 is 37.1. The second-order valence-corrected chi connectivity index (χ2v) is 8.78. The Hall–Kier alpha value is -3.27. The molecule has 2 rings (SSSR count). The molecule has 3 N–H and O–H groups in total. The fraction of sp³-hybridized carbons (Fsp3) is 0.333. The molecule has 2 aromatic carbocycles. The highest BCUT2D eigenvalue weighted by Crippen LogP contribution is 2.28. The number of benzene rings is 2. The van der Waals surface area contributed by atoms with Crippen molar-refractivity contribution in [2.45, 2.75) is 33.3 Å². The molecule has 0 saturated carbocycles. The highest BCUT2D eigenvalue weighted by Gasteiger charge is 2.15. The quantitative estimate of drug-likeness (QED) is 0.506. The summed E-state index contributed by atoms with van der Waals surface area (Å²) in [5.41, 5.74) is 5.33. The maximum Gasteiger partial charge on any atom is 0.269 e. The second-order valence-electron chi connectivity index (χ2n) is 6.94. The van der Waals surface area contributed by atoms with E-state index in [4.69, 9.17) is 9.47 Å². The van der Waals surface area contributed by atoms with Crippen molar-refractivity contribution < 1.29 is 27.5 Å². The van der Waals surface area contributed by atoms with Crippen molar-refractivity contribution in [2.24, 2.45) is 0 Å². The van der Waals surface area contributed by atoms with E-state index in [0.29, 0.717) is 17.9 Å². The normalized spacial score (nSPS) is 11.0.